The van der Waals surface area contributed by atoms with Crippen LogP contribution in [0, 0.1) is 6.92 Å². The van der Waals surface area contributed by atoms with Crippen molar-refractivity contribution < 1.29 is 14.9 Å². The van der Waals surface area contributed by atoms with E-state index in [1.165, 1.54) is 0 Å². The molecule has 0 aromatic heterocycles. The van der Waals surface area contributed by atoms with Gasteiger partial charge in [-0.3, -0.25) is 0 Å². The summed E-state index contributed by atoms with van der Waals surface area (Å²) in [6.07, 6.45) is 1.32. The fourth-order valence-corrected chi connectivity index (χ4v) is 1.39. The lowest BCUT2D eigenvalue weighted by Crippen LogP contribution is -1.93. The molecule has 2 N–H and O–H groups in total. The molecule has 14 heavy (non-hydrogen) atoms. The zero-order chi connectivity index (χ0) is 10.6. The van der Waals surface area contributed by atoms with Gasteiger partial charge in [0.15, 0.2) is 0 Å². The molecule has 0 unspecified atom stereocenters. The molecule has 0 fully saturated rings. The zero-order valence-electron chi connectivity index (χ0n) is 8.58. The molecule has 1 aromatic rings. The van der Waals surface area contributed by atoms with E-state index in [2.05, 4.69) is 0 Å². The van der Waals surface area contributed by atoms with E-state index in [4.69, 9.17) is 9.84 Å². The van der Waals surface area contributed by atoms with Gasteiger partial charge in [-0.05, 0) is 43.0 Å². The molecule has 3 nitrogen and oxygen atoms in total. The van der Waals surface area contributed by atoms with Gasteiger partial charge in [0.1, 0.15) is 11.5 Å². The second-order valence-corrected chi connectivity index (χ2v) is 3.28. The Kier molecular flexibility index (Phi) is 3.77. The van der Waals surface area contributed by atoms with Gasteiger partial charge in [0.05, 0.1) is 7.11 Å². The van der Waals surface area contributed by atoms with Crippen LogP contribution in [-0.4, -0.2) is 23.9 Å². The fourth-order valence-electron chi connectivity index (χ4n) is 1.39. The Morgan fingerprint density at radius 3 is 2.64 bits per heavy atom. The number of rotatable bonds is 4. The maximum atomic E-state index is 9.71. The molecular formula is C11H16O3. The smallest absolute Gasteiger partial charge is 0.121 e. The summed E-state index contributed by atoms with van der Waals surface area (Å²) in [5.74, 6) is 1.05. The van der Waals surface area contributed by atoms with Crippen molar-refractivity contribution in [3.8, 4) is 11.5 Å². The summed E-state index contributed by atoms with van der Waals surface area (Å²) in [6.45, 7) is 1.97. The molecular weight excluding hydrogens is 180 g/mol. The second kappa shape index (κ2) is 4.86. The van der Waals surface area contributed by atoms with E-state index in [9.17, 15) is 5.11 Å². The number of ether oxygens (including phenoxy) is 1. The van der Waals surface area contributed by atoms with Crippen LogP contribution in [0.1, 0.15) is 17.5 Å². The zero-order valence-corrected chi connectivity index (χ0v) is 8.58. The van der Waals surface area contributed by atoms with E-state index < -0.39 is 0 Å². The van der Waals surface area contributed by atoms with Crippen molar-refractivity contribution >= 4 is 0 Å². The highest BCUT2D eigenvalue weighted by Crippen LogP contribution is 2.28. The number of benzene rings is 1. The Balaban J connectivity index is 2.95. The van der Waals surface area contributed by atoms with Gasteiger partial charge in [0.2, 0.25) is 0 Å². The summed E-state index contributed by atoms with van der Waals surface area (Å²) in [4.78, 5) is 0. The minimum atomic E-state index is 0.135. The van der Waals surface area contributed by atoms with E-state index in [-0.39, 0.29) is 6.61 Å². The number of aliphatic hydroxyl groups is 1. The molecule has 0 atom stereocenters. The normalized spacial score (nSPS) is 10.2. The molecule has 78 valence electrons. The summed E-state index contributed by atoms with van der Waals surface area (Å²) in [6, 6.07) is 3.59. The first kappa shape index (κ1) is 10.9. The number of hydrogen-bond acceptors (Lipinski definition) is 3. The van der Waals surface area contributed by atoms with Crippen molar-refractivity contribution in [3.63, 3.8) is 0 Å². The first-order valence-electron chi connectivity index (χ1n) is 4.66. The Morgan fingerprint density at radius 2 is 2.07 bits per heavy atom. The quantitative estimate of drug-likeness (QED) is 0.769. The molecule has 0 spiro atoms. The van der Waals surface area contributed by atoms with E-state index in [1.54, 1.807) is 19.2 Å². The Morgan fingerprint density at radius 1 is 1.36 bits per heavy atom. The first-order chi connectivity index (χ1) is 6.69. The third-order valence-corrected chi connectivity index (χ3v) is 2.19. The molecule has 0 aliphatic carbocycles. The minimum Gasteiger partial charge on any atom is -0.507 e. The van der Waals surface area contributed by atoms with Gasteiger partial charge in [0.25, 0.3) is 0 Å². The van der Waals surface area contributed by atoms with Crippen LogP contribution >= 0.6 is 0 Å². The number of phenolic OH excluding ortho intramolecular Hbond substituents is 1. The monoisotopic (exact) mass is 196 g/mol. The van der Waals surface area contributed by atoms with Crippen molar-refractivity contribution in [1.82, 2.24) is 0 Å². The molecule has 0 aliphatic rings. The maximum Gasteiger partial charge on any atom is 0.121 e. The largest absolute Gasteiger partial charge is 0.507 e. The van der Waals surface area contributed by atoms with E-state index in [0.29, 0.717) is 18.6 Å². The van der Waals surface area contributed by atoms with Crippen molar-refractivity contribution in [2.75, 3.05) is 13.7 Å². The van der Waals surface area contributed by atoms with Gasteiger partial charge in [-0.15, -0.1) is 0 Å². The predicted molar refractivity (Wildman–Crippen MR) is 54.8 cm³/mol. The van der Waals surface area contributed by atoms with E-state index in [1.807, 2.05) is 6.92 Å². The van der Waals surface area contributed by atoms with Gasteiger partial charge in [0, 0.05) is 6.61 Å². The maximum absolute atomic E-state index is 9.71. The first-order valence-corrected chi connectivity index (χ1v) is 4.66. The lowest BCUT2D eigenvalue weighted by molar-refractivity contribution is 0.288. The van der Waals surface area contributed by atoms with Crippen LogP contribution in [-0.2, 0) is 6.42 Å². The Hall–Kier alpha value is -1.22. The van der Waals surface area contributed by atoms with Gasteiger partial charge in [-0.1, -0.05) is 0 Å². The summed E-state index contributed by atoms with van der Waals surface area (Å²) in [7, 11) is 1.60. The number of aromatic hydroxyl groups is 1. The third-order valence-electron chi connectivity index (χ3n) is 2.19. The minimum absolute atomic E-state index is 0.135. The number of aryl methyl sites for hydroxylation is 2. The van der Waals surface area contributed by atoms with E-state index in [0.717, 1.165) is 16.9 Å². The molecule has 0 saturated carbocycles. The van der Waals surface area contributed by atoms with Crippen molar-refractivity contribution in [1.29, 1.82) is 0 Å². The van der Waals surface area contributed by atoms with Crippen LogP contribution < -0.4 is 4.74 Å². The highest BCUT2D eigenvalue weighted by atomic mass is 16.5. The molecule has 3 heteroatoms. The molecule has 0 radical (unpaired) electrons. The Bertz CT molecular complexity index is 308. The summed E-state index contributed by atoms with van der Waals surface area (Å²) >= 11 is 0. The SMILES string of the molecule is COc1cc(C)c(O)c(CCCO)c1. The predicted octanol–water partition coefficient (Wildman–Crippen LogP) is 1.63. The number of methoxy groups -OCH3 is 1. The summed E-state index contributed by atoms with van der Waals surface area (Å²) < 4.78 is 5.10. The topological polar surface area (TPSA) is 49.7 Å². The standard InChI is InChI=1S/C11H16O3/c1-8-6-10(14-2)7-9(11(8)13)4-3-5-12/h6-7,12-13H,3-5H2,1-2H3. The highest BCUT2D eigenvalue weighted by Gasteiger charge is 2.06. The van der Waals surface area contributed by atoms with Crippen LogP contribution in [0.4, 0.5) is 0 Å². The van der Waals surface area contributed by atoms with Crippen molar-refractivity contribution in [3.05, 3.63) is 23.3 Å². The van der Waals surface area contributed by atoms with Crippen molar-refractivity contribution in [2.24, 2.45) is 0 Å². The molecule has 0 saturated heterocycles. The lowest BCUT2D eigenvalue weighted by atomic mass is 10.0. The lowest BCUT2D eigenvalue weighted by Gasteiger charge is -2.09. The molecule has 0 heterocycles. The molecule has 1 rings (SSSR count). The van der Waals surface area contributed by atoms with Gasteiger partial charge in [-0.25, -0.2) is 0 Å². The van der Waals surface area contributed by atoms with Crippen LogP contribution in [0.25, 0.3) is 0 Å². The van der Waals surface area contributed by atoms with Crippen LogP contribution in [0.3, 0.4) is 0 Å². The van der Waals surface area contributed by atoms with Gasteiger partial charge >= 0.3 is 0 Å². The summed E-state index contributed by atoms with van der Waals surface area (Å²) in [5, 5.41) is 18.4. The molecule has 1 aromatic carbocycles. The summed E-state index contributed by atoms with van der Waals surface area (Å²) in [5.41, 5.74) is 1.63. The average Bonchev–Trinajstić information content (AvgIpc) is 2.20. The van der Waals surface area contributed by atoms with Crippen LogP contribution in [0.2, 0.25) is 0 Å². The average molecular weight is 196 g/mol. The molecule has 0 amide bonds. The van der Waals surface area contributed by atoms with Gasteiger partial charge in [-0.2, -0.15) is 0 Å². The van der Waals surface area contributed by atoms with Crippen molar-refractivity contribution in [2.45, 2.75) is 19.8 Å². The number of aliphatic hydroxyl groups excluding tert-OH is 1. The fraction of sp³-hybridized carbons (Fsp3) is 0.455. The number of phenols is 1. The van der Waals surface area contributed by atoms with Gasteiger partial charge < -0.3 is 14.9 Å². The molecule has 0 aliphatic heterocycles. The Labute approximate surface area is 84.0 Å². The number of hydrogen-bond donors (Lipinski definition) is 2. The van der Waals surface area contributed by atoms with Crippen LogP contribution in [0.5, 0.6) is 11.5 Å². The highest BCUT2D eigenvalue weighted by molar-refractivity contribution is 5.45. The van der Waals surface area contributed by atoms with Crippen LogP contribution in [0.15, 0.2) is 12.1 Å². The second-order valence-electron chi connectivity index (χ2n) is 3.28. The molecule has 0 bridgehead atoms. The third kappa shape index (κ3) is 2.39. The van der Waals surface area contributed by atoms with E-state index >= 15 is 0 Å².